The third-order valence-corrected chi connectivity index (χ3v) is 4.40. The largest absolute Gasteiger partial charge is 0.385 e. The number of fused-ring (bicyclic) bond motifs is 2. The Kier molecular flexibility index (Phi) is 3.29. The molecule has 3 rings (SSSR count). The van der Waals surface area contributed by atoms with Gasteiger partial charge in [0, 0.05) is 12.1 Å². The Balaban J connectivity index is 2.02. The lowest BCUT2D eigenvalue weighted by molar-refractivity contribution is -0.0807. The molecule has 4 nitrogen and oxygen atoms in total. The van der Waals surface area contributed by atoms with E-state index in [9.17, 15) is 5.11 Å². The summed E-state index contributed by atoms with van der Waals surface area (Å²) in [4.78, 5) is 0. The molecule has 0 radical (unpaired) electrons. The molecule has 2 saturated heterocycles. The summed E-state index contributed by atoms with van der Waals surface area (Å²) in [5.41, 5.74) is 2.85. The van der Waals surface area contributed by atoms with E-state index in [4.69, 9.17) is 10.00 Å². The van der Waals surface area contributed by atoms with Gasteiger partial charge in [-0.2, -0.15) is 5.26 Å². The number of ether oxygens (including phenoxy) is 1. The van der Waals surface area contributed by atoms with Gasteiger partial charge in [-0.25, -0.2) is 0 Å². The standard InChI is InChI=1S/C16H20N2O2/c1-10-3-12(7-17)4-11(2)15(10)16(19)5-13-8-20-9-14(6-16)18-13/h3-4,13-14,18-19H,5-6,8-9H2,1-2H3. The van der Waals surface area contributed by atoms with Gasteiger partial charge in [-0.15, -0.1) is 0 Å². The van der Waals surface area contributed by atoms with Gasteiger partial charge >= 0.3 is 0 Å². The van der Waals surface area contributed by atoms with Crippen LogP contribution in [0.2, 0.25) is 0 Å². The molecule has 2 heterocycles. The minimum atomic E-state index is -0.813. The summed E-state index contributed by atoms with van der Waals surface area (Å²) in [7, 11) is 0. The van der Waals surface area contributed by atoms with E-state index in [0.29, 0.717) is 31.6 Å². The number of nitrogens with zero attached hydrogens (tertiary/aromatic N) is 1. The molecule has 106 valence electrons. The summed E-state index contributed by atoms with van der Waals surface area (Å²) in [6, 6.07) is 6.34. The highest BCUT2D eigenvalue weighted by molar-refractivity contribution is 5.46. The summed E-state index contributed by atoms with van der Waals surface area (Å²) in [6.45, 7) is 5.28. The first kappa shape index (κ1) is 13.6. The zero-order valence-corrected chi connectivity index (χ0v) is 11.9. The Hall–Kier alpha value is -1.41. The smallest absolute Gasteiger partial charge is 0.0991 e. The molecular weight excluding hydrogens is 252 g/mol. The van der Waals surface area contributed by atoms with Crippen LogP contribution < -0.4 is 5.32 Å². The fourth-order valence-electron chi connectivity index (χ4n) is 3.88. The van der Waals surface area contributed by atoms with Crippen molar-refractivity contribution in [3.8, 4) is 6.07 Å². The zero-order valence-electron chi connectivity index (χ0n) is 11.9. The number of benzene rings is 1. The molecule has 4 heteroatoms. The predicted molar refractivity (Wildman–Crippen MR) is 75.3 cm³/mol. The van der Waals surface area contributed by atoms with Gasteiger partial charge in [0.15, 0.2) is 0 Å². The number of rotatable bonds is 1. The van der Waals surface area contributed by atoms with E-state index in [2.05, 4.69) is 11.4 Å². The van der Waals surface area contributed by atoms with Crippen LogP contribution in [0.3, 0.4) is 0 Å². The normalized spacial score (nSPS) is 32.7. The number of nitriles is 1. The molecule has 1 aromatic rings. The summed E-state index contributed by atoms with van der Waals surface area (Å²) in [5, 5.41) is 23.7. The van der Waals surface area contributed by atoms with Crippen LogP contribution in [0, 0.1) is 25.2 Å². The van der Waals surface area contributed by atoms with Gasteiger partial charge in [-0.1, -0.05) is 0 Å². The highest BCUT2D eigenvalue weighted by Crippen LogP contribution is 2.40. The third kappa shape index (κ3) is 2.22. The Morgan fingerprint density at radius 3 is 2.30 bits per heavy atom. The van der Waals surface area contributed by atoms with Crippen LogP contribution in [-0.4, -0.2) is 30.4 Å². The minimum absolute atomic E-state index is 0.210. The predicted octanol–water partition coefficient (Wildman–Crippen LogP) is 1.51. The molecule has 0 amide bonds. The van der Waals surface area contributed by atoms with Crippen LogP contribution in [-0.2, 0) is 10.3 Å². The minimum Gasteiger partial charge on any atom is -0.385 e. The van der Waals surface area contributed by atoms with E-state index in [1.54, 1.807) is 0 Å². The van der Waals surface area contributed by atoms with E-state index < -0.39 is 5.60 Å². The highest BCUT2D eigenvalue weighted by Gasteiger charge is 2.43. The molecule has 0 aliphatic carbocycles. The quantitative estimate of drug-likeness (QED) is 0.813. The van der Waals surface area contributed by atoms with Gasteiger partial charge in [0.05, 0.1) is 30.4 Å². The molecule has 0 saturated carbocycles. The monoisotopic (exact) mass is 272 g/mol. The lowest BCUT2D eigenvalue weighted by Crippen LogP contribution is -2.58. The van der Waals surface area contributed by atoms with Crippen LogP contribution in [0.1, 0.15) is 35.1 Å². The van der Waals surface area contributed by atoms with Gasteiger partial charge in [-0.3, -0.25) is 0 Å². The maximum absolute atomic E-state index is 11.2. The van der Waals surface area contributed by atoms with Crippen LogP contribution >= 0.6 is 0 Å². The number of aliphatic hydroxyl groups is 1. The first-order chi connectivity index (χ1) is 9.51. The molecule has 2 unspecified atom stereocenters. The molecule has 2 bridgehead atoms. The Morgan fingerprint density at radius 2 is 1.80 bits per heavy atom. The Labute approximate surface area is 119 Å². The van der Waals surface area contributed by atoms with Gasteiger partial charge < -0.3 is 15.2 Å². The first-order valence-corrected chi connectivity index (χ1v) is 7.10. The summed E-state index contributed by atoms with van der Waals surface area (Å²) in [6.07, 6.45) is 1.33. The summed E-state index contributed by atoms with van der Waals surface area (Å²) >= 11 is 0. The fraction of sp³-hybridized carbons (Fsp3) is 0.562. The van der Waals surface area contributed by atoms with Gasteiger partial charge in [-0.05, 0) is 55.5 Å². The van der Waals surface area contributed by atoms with Gasteiger partial charge in [0.25, 0.3) is 0 Å². The third-order valence-electron chi connectivity index (χ3n) is 4.40. The van der Waals surface area contributed by atoms with Crippen molar-refractivity contribution in [2.45, 2.75) is 44.4 Å². The summed E-state index contributed by atoms with van der Waals surface area (Å²) in [5.74, 6) is 0. The maximum Gasteiger partial charge on any atom is 0.0991 e. The van der Waals surface area contributed by atoms with Crippen LogP contribution in [0.15, 0.2) is 12.1 Å². The molecule has 0 spiro atoms. The van der Waals surface area contributed by atoms with Crippen LogP contribution in [0.25, 0.3) is 0 Å². The van der Waals surface area contributed by atoms with Gasteiger partial charge in [0.2, 0.25) is 0 Å². The number of nitrogens with one attached hydrogen (secondary N) is 1. The molecule has 2 atom stereocenters. The molecule has 2 aliphatic heterocycles. The Morgan fingerprint density at radius 1 is 1.25 bits per heavy atom. The second kappa shape index (κ2) is 4.85. The average Bonchev–Trinajstić information content (AvgIpc) is 2.36. The SMILES string of the molecule is Cc1cc(C#N)cc(C)c1C1(O)CC2COCC(C1)N2. The first-order valence-electron chi connectivity index (χ1n) is 7.10. The van der Waals surface area contributed by atoms with E-state index in [1.165, 1.54) is 0 Å². The van der Waals surface area contributed by atoms with Crippen molar-refractivity contribution in [1.82, 2.24) is 5.32 Å². The zero-order chi connectivity index (χ0) is 14.3. The molecule has 2 N–H and O–H groups in total. The van der Waals surface area contributed by atoms with Crippen molar-refractivity contribution < 1.29 is 9.84 Å². The lowest BCUT2D eigenvalue weighted by Gasteiger charge is -2.46. The van der Waals surface area contributed by atoms with Crippen molar-refractivity contribution in [2.24, 2.45) is 0 Å². The molecule has 2 fully saturated rings. The number of morpholine rings is 1. The van der Waals surface area contributed by atoms with E-state index >= 15 is 0 Å². The fourth-order valence-corrected chi connectivity index (χ4v) is 3.88. The average molecular weight is 272 g/mol. The van der Waals surface area contributed by atoms with Crippen molar-refractivity contribution in [2.75, 3.05) is 13.2 Å². The van der Waals surface area contributed by atoms with Crippen molar-refractivity contribution in [3.05, 3.63) is 34.4 Å². The highest BCUT2D eigenvalue weighted by atomic mass is 16.5. The number of piperidine rings is 1. The Bertz CT molecular complexity index is 541. The topological polar surface area (TPSA) is 65.3 Å². The van der Waals surface area contributed by atoms with E-state index in [-0.39, 0.29) is 12.1 Å². The number of aryl methyl sites for hydroxylation is 2. The van der Waals surface area contributed by atoms with Crippen LogP contribution in [0.5, 0.6) is 0 Å². The lowest BCUT2D eigenvalue weighted by atomic mass is 9.75. The maximum atomic E-state index is 11.2. The van der Waals surface area contributed by atoms with Crippen molar-refractivity contribution >= 4 is 0 Å². The molecule has 20 heavy (non-hydrogen) atoms. The molecule has 0 aromatic heterocycles. The number of hydrogen-bond acceptors (Lipinski definition) is 4. The second-order valence-electron chi connectivity index (χ2n) is 6.13. The van der Waals surface area contributed by atoms with Crippen LogP contribution in [0.4, 0.5) is 0 Å². The summed E-state index contributed by atoms with van der Waals surface area (Å²) < 4.78 is 5.55. The van der Waals surface area contributed by atoms with E-state index in [1.807, 2.05) is 26.0 Å². The number of hydrogen-bond donors (Lipinski definition) is 2. The molecule has 2 aliphatic rings. The molecule has 1 aromatic carbocycles. The van der Waals surface area contributed by atoms with E-state index in [0.717, 1.165) is 16.7 Å². The molecular formula is C16H20N2O2. The van der Waals surface area contributed by atoms with Gasteiger partial charge in [0.1, 0.15) is 0 Å². The second-order valence-corrected chi connectivity index (χ2v) is 6.13. The van der Waals surface area contributed by atoms with Crippen molar-refractivity contribution in [3.63, 3.8) is 0 Å². The van der Waals surface area contributed by atoms with Crippen molar-refractivity contribution in [1.29, 1.82) is 5.26 Å².